The second-order valence-electron chi connectivity index (χ2n) is 1.99. The summed E-state index contributed by atoms with van der Waals surface area (Å²) >= 11 is 0. The number of carboxylic acid groups (broad SMARTS) is 1. The number of aliphatic carboxylic acids is 1. The van der Waals surface area contributed by atoms with Gasteiger partial charge in [0.15, 0.2) is 6.29 Å². The molecule has 1 fully saturated rings. The third-order valence-electron chi connectivity index (χ3n) is 0.906. The molecular weight excluding hydrogens is 148 g/mol. The highest BCUT2D eigenvalue weighted by Gasteiger charge is 2.09. The molecule has 11 heavy (non-hydrogen) atoms. The highest BCUT2D eigenvalue weighted by Crippen LogP contribution is 2.06. The van der Waals surface area contributed by atoms with Crippen molar-refractivity contribution in [2.75, 3.05) is 6.61 Å². The van der Waals surface area contributed by atoms with Gasteiger partial charge >= 0.3 is 0 Å². The Hall–Kier alpha value is -0.610. The molecule has 0 aromatic carbocycles. The fourth-order valence-electron chi connectivity index (χ4n) is 0.561. The van der Waals surface area contributed by atoms with Crippen molar-refractivity contribution >= 4 is 5.97 Å². The SMILES string of the molecule is C.CC(=O)O.OC1CCCO1. The van der Waals surface area contributed by atoms with Crippen LogP contribution in [0.3, 0.4) is 0 Å². The van der Waals surface area contributed by atoms with E-state index >= 15 is 0 Å². The largest absolute Gasteiger partial charge is 0.481 e. The maximum atomic E-state index is 9.00. The summed E-state index contributed by atoms with van der Waals surface area (Å²) < 4.78 is 4.71. The molecule has 0 amide bonds. The molecule has 0 saturated carbocycles. The van der Waals surface area contributed by atoms with Crippen molar-refractivity contribution in [1.82, 2.24) is 0 Å². The zero-order valence-corrected chi connectivity index (χ0v) is 5.91. The Balaban J connectivity index is 0. The molecule has 1 saturated heterocycles. The zero-order valence-electron chi connectivity index (χ0n) is 5.91. The summed E-state index contributed by atoms with van der Waals surface area (Å²) in [5.74, 6) is -0.833. The Morgan fingerprint density at radius 1 is 1.64 bits per heavy atom. The van der Waals surface area contributed by atoms with E-state index in [4.69, 9.17) is 19.7 Å². The van der Waals surface area contributed by atoms with E-state index in [9.17, 15) is 0 Å². The van der Waals surface area contributed by atoms with Crippen LogP contribution >= 0.6 is 0 Å². The molecule has 0 aromatic rings. The Bertz CT molecular complexity index is 92.6. The Morgan fingerprint density at radius 2 is 2.09 bits per heavy atom. The van der Waals surface area contributed by atoms with E-state index in [1.807, 2.05) is 0 Å². The number of hydrogen-bond acceptors (Lipinski definition) is 3. The predicted molar refractivity (Wildman–Crippen MR) is 41.2 cm³/mol. The molecule has 1 heterocycles. The van der Waals surface area contributed by atoms with Gasteiger partial charge in [0.25, 0.3) is 5.97 Å². The van der Waals surface area contributed by atoms with Crippen LogP contribution in [0.4, 0.5) is 0 Å². The number of aliphatic hydroxyl groups excluding tert-OH is 1. The average Bonchev–Trinajstić information content (AvgIpc) is 2.15. The van der Waals surface area contributed by atoms with Crippen LogP contribution in [-0.4, -0.2) is 29.1 Å². The van der Waals surface area contributed by atoms with Crippen molar-refractivity contribution in [2.45, 2.75) is 33.5 Å². The first-order valence-electron chi connectivity index (χ1n) is 3.12. The molecule has 68 valence electrons. The Labute approximate surface area is 66.8 Å². The lowest BCUT2D eigenvalue weighted by atomic mass is 10.4. The number of hydrogen-bond donors (Lipinski definition) is 2. The fraction of sp³-hybridized carbons (Fsp3) is 0.857. The predicted octanol–water partition coefficient (Wildman–Crippen LogP) is 0.842. The second-order valence-corrected chi connectivity index (χ2v) is 1.99. The van der Waals surface area contributed by atoms with E-state index in [1.54, 1.807) is 0 Å². The van der Waals surface area contributed by atoms with E-state index in [0.717, 1.165) is 26.4 Å². The molecule has 1 rings (SSSR count). The van der Waals surface area contributed by atoms with Crippen LogP contribution in [-0.2, 0) is 9.53 Å². The van der Waals surface area contributed by atoms with Crippen LogP contribution in [0, 0.1) is 0 Å². The summed E-state index contributed by atoms with van der Waals surface area (Å²) in [5, 5.41) is 15.9. The minimum Gasteiger partial charge on any atom is -0.481 e. The summed E-state index contributed by atoms with van der Waals surface area (Å²) in [6, 6.07) is 0. The maximum absolute atomic E-state index is 9.00. The first-order chi connectivity index (χ1) is 4.63. The summed E-state index contributed by atoms with van der Waals surface area (Å²) in [5.41, 5.74) is 0. The topological polar surface area (TPSA) is 66.8 Å². The highest BCUT2D eigenvalue weighted by atomic mass is 16.6. The van der Waals surface area contributed by atoms with E-state index in [1.165, 1.54) is 0 Å². The van der Waals surface area contributed by atoms with Gasteiger partial charge in [0, 0.05) is 20.0 Å². The van der Waals surface area contributed by atoms with Gasteiger partial charge in [-0.15, -0.1) is 0 Å². The zero-order chi connectivity index (χ0) is 7.98. The lowest BCUT2D eigenvalue weighted by Gasteiger charge is -1.93. The first-order valence-corrected chi connectivity index (χ1v) is 3.12. The summed E-state index contributed by atoms with van der Waals surface area (Å²) in [6.07, 6.45) is 1.38. The van der Waals surface area contributed by atoms with Crippen LogP contribution in [0.2, 0.25) is 0 Å². The van der Waals surface area contributed by atoms with Gasteiger partial charge in [0.1, 0.15) is 0 Å². The standard InChI is InChI=1S/C4H8O2.C2H4O2.CH4/c5-4-2-1-3-6-4;1-2(3)4;/h4-5H,1-3H2;1H3,(H,3,4);1H4. The van der Waals surface area contributed by atoms with Gasteiger partial charge in [0.2, 0.25) is 0 Å². The molecule has 1 aliphatic rings. The molecule has 1 unspecified atom stereocenters. The normalized spacial score (nSPS) is 21.1. The molecule has 0 radical (unpaired) electrons. The van der Waals surface area contributed by atoms with Gasteiger partial charge in [-0.25, -0.2) is 0 Å². The molecule has 4 nitrogen and oxygen atoms in total. The third-order valence-corrected chi connectivity index (χ3v) is 0.906. The molecule has 0 aromatic heterocycles. The Morgan fingerprint density at radius 3 is 2.18 bits per heavy atom. The monoisotopic (exact) mass is 164 g/mol. The minimum atomic E-state index is -0.833. The molecule has 2 N–H and O–H groups in total. The van der Waals surface area contributed by atoms with Gasteiger partial charge in [-0.3, -0.25) is 4.79 Å². The van der Waals surface area contributed by atoms with Gasteiger partial charge in [-0.05, 0) is 6.42 Å². The number of carbonyl (C=O) groups is 1. The van der Waals surface area contributed by atoms with Gasteiger partial charge in [-0.2, -0.15) is 0 Å². The van der Waals surface area contributed by atoms with Crippen molar-refractivity contribution in [1.29, 1.82) is 0 Å². The van der Waals surface area contributed by atoms with Crippen LogP contribution in [0.15, 0.2) is 0 Å². The number of rotatable bonds is 0. The van der Waals surface area contributed by atoms with E-state index < -0.39 is 12.3 Å². The van der Waals surface area contributed by atoms with Crippen LogP contribution in [0.1, 0.15) is 27.2 Å². The minimum absolute atomic E-state index is 0. The van der Waals surface area contributed by atoms with E-state index in [-0.39, 0.29) is 7.43 Å². The van der Waals surface area contributed by atoms with Crippen LogP contribution in [0.25, 0.3) is 0 Å². The fourth-order valence-corrected chi connectivity index (χ4v) is 0.561. The van der Waals surface area contributed by atoms with Crippen molar-refractivity contribution in [2.24, 2.45) is 0 Å². The van der Waals surface area contributed by atoms with Crippen LogP contribution < -0.4 is 0 Å². The van der Waals surface area contributed by atoms with Crippen molar-refractivity contribution in [3.8, 4) is 0 Å². The smallest absolute Gasteiger partial charge is 0.300 e. The number of ether oxygens (including phenoxy) is 1. The van der Waals surface area contributed by atoms with Crippen LogP contribution in [0.5, 0.6) is 0 Å². The van der Waals surface area contributed by atoms with Gasteiger partial charge in [-0.1, -0.05) is 7.43 Å². The molecule has 1 atom stereocenters. The van der Waals surface area contributed by atoms with E-state index in [2.05, 4.69) is 0 Å². The summed E-state index contributed by atoms with van der Waals surface area (Å²) in [4.78, 5) is 9.00. The quantitative estimate of drug-likeness (QED) is 0.556. The number of aliphatic hydroxyl groups is 1. The molecular formula is C7H16O4. The van der Waals surface area contributed by atoms with Gasteiger partial charge in [0.05, 0.1) is 0 Å². The first kappa shape index (κ1) is 13.0. The highest BCUT2D eigenvalue weighted by molar-refractivity contribution is 5.62. The summed E-state index contributed by atoms with van der Waals surface area (Å²) in [6.45, 7) is 1.82. The van der Waals surface area contributed by atoms with Gasteiger partial charge < -0.3 is 14.9 Å². The lowest BCUT2D eigenvalue weighted by molar-refractivity contribution is -0.134. The lowest BCUT2D eigenvalue weighted by Crippen LogP contribution is -1.99. The molecule has 4 heteroatoms. The molecule has 0 aliphatic carbocycles. The Kier molecular flexibility index (Phi) is 8.87. The summed E-state index contributed by atoms with van der Waals surface area (Å²) in [7, 11) is 0. The van der Waals surface area contributed by atoms with Crippen molar-refractivity contribution in [3.63, 3.8) is 0 Å². The number of carboxylic acids is 1. The van der Waals surface area contributed by atoms with Crippen molar-refractivity contribution in [3.05, 3.63) is 0 Å². The average molecular weight is 164 g/mol. The maximum Gasteiger partial charge on any atom is 0.300 e. The van der Waals surface area contributed by atoms with Crippen molar-refractivity contribution < 1.29 is 19.7 Å². The molecule has 1 aliphatic heterocycles. The second kappa shape index (κ2) is 7.50. The third kappa shape index (κ3) is 12.6. The molecule has 0 spiro atoms. The van der Waals surface area contributed by atoms with E-state index in [0.29, 0.717) is 0 Å². The molecule has 0 bridgehead atoms.